The molecule has 1 N–H and O–H groups in total. The van der Waals surface area contributed by atoms with Crippen LogP contribution in [0.2, 0.25) is 0 Å². The molecule has 0 fully saturated rings. The van der Waals surface area contributed by atoms with Gasteiger partial charge < -0.3 is 4.98 Å². The third kappa shape index (κ3) is 2.21. The molecular weight excluding hydrogens is 330 g/mol. The average Bonchev–Trinajstić information content (AvgIpc) is 3.10. The van der Waals surface area contributed by atoms with Crippen molar-refractivity contribution in [3.05, 3.63) is 89.8 Å². The van der Waals surface area contributed by atoms with Gasteiger partial charge in [-0.1, -0.05) is 54.6 Å². The van der Waals surface area contributed by atoms with Crippen molar-refractivity contribution < 1.29 is 0 Å². The Bertz CT molecular complexity index is 1360. The van der Waals surface area contributed by atoms with Gasteiger partial charge in [0.05, 0.1) is 27.9 Å². The smallest absolute Gasteiger partial charge is 0.0894 e. The monoisotopic (exact) mass is 347 g/mol. The van der Waals surface area contributed by atoms with E-state index in [1.165, 1.54) is 27.4 Å². The van der Waals surface area contributed by atoms with Crippen molar-refractivity contribution in [1.82, 2.24) is 15.0 Å². The molecule has 0 bridgehead atoms. The van der Waals surface area contributed by atoms with Crippen LogP contribution in [-0.2, 0) is 6.42 Å². The number of nitrogens with one attached hydrogen (secondary N) is 1. The van der Waals surface area contributed by atoms with Gasteiger partial charge in [-0.2, -0.15) is 0 Å². The number of benzene rings is 3. The van der Waals surface area contributed by atoms with Crippen LogP contribution in [0.25, 0.3) is 38.9 Å². The Morgan fingerprint density at radius 1 is 0.778 bits per heavy atom. The third-order valence-corrected chi connectivity index (χ3v) is 5.55. The Hall–Kier alpha value is -3.46. The van der Waals surface area contributed by atoms with Crippen LogP contribution >= 0.6 is 0 Å². The number of H-pyrrole nitrogens is 1. The van der Waals surface area contributed by atoms with Gasteiger partial charge >= 0.3 is 0 Å². The van der Waals surface area contributed by atoms with E-state index in [1.807, 2.05) is 24.3 Å². The quantitative estimate of drug-likeness (QED) is 0.428. The molecule has 0 aliphatic heterocycles. The molecule has 5 aromatic rings. The lowest BCUT2D eigenvalue weighted by Gasteiger charge is -2.19. The fourth-order valence-electron chi connectivity index (χ4n) is 4.24. The summed E-state index contributed by atoms with van der Waals surface area (Å²) in [5.74, 6) is 0.296. The highest BCUT2D eigenvalue weighted by molar-refractivity contribution is 6.08. The Kier molecular flexibility index (Phi) is 3.00. The molecule has 0 saturated heterocycles. The van der Waals surface area contributed by atoms with Gasteiger partial charge in [0, 0.05) is 28.6 Å². The maximum atomic E-state index is 4.89. The molecule has 1 unspecified atom stereocenters. The standard InChI is InChI=1S/C24H17N3/c1-2-9-19-17(6-1)18-8-5-7-16(24(18)27-19)15-12-13-22-23(14-15)26-21-11-4-3-10-20(21)25-22/h1-13,15,27H,14H2. The largest absolute Gasteiger partial charge is 0.354 e. The summed E-state index contributed by atoms with van der Waals surface area (Å²) in [7, 11) is 0. The van der Waals surface area contributed by atoms with Gasteiger partial charge in [0.25, 0.3) is 0 Å². The summed E-state index contributed by atoms with van der Waals surface area (Å²) in [6.45, 7) is 0. The molecular formula is C24H17N3. The minimum Gasteiger partial charge on any atom is -0.354 e. The van der Waals surface area contributed by atoms with E-state index < -0.39 is 0 Å². The van der Waals surface area contributed by atoms with E-state index in [-0.39, 0.29) is 0 Å². The lowest BCUT2D eigenvalue weighted by atomic mass is 9.88. The lowest BCUT2D eigenvalue weighted by Crippen LogP contribution is -2.10. The molecule has 0 amide bonds. The highest BCUT2D eigenvalue weighted by Gasteiger charge is 2.21. The van der Waals surface area contributed by atoms with Gasteiger partial charge in [0.2, 0.25) is 0 Å². The maximum absolute atomic E-state index is 4.89. The molecule has 27 heavy (non-hydrogen) atoms. The van der Waals surface area contributed by atoms with E-state index in [1.54, 1.807) is 0 Å². The first-order valence-corrected chi connectivity index (χ1v) is 9.30. The van der Waals surface area contributed by atoms with E-state index >= 15 is 0 Å². The van der Waals surface area contributed by atoms with Crippen molar-refractivity contribution in [3.63, 3.8) is 0 Å². The molecule has 0 saturated carbocycles. The molecule has 3 nitrogen and oxygen atoms in total. The van der Waals surface area contributed by atoms with Crippen LogP contribution < -0.4 is 0 Å². The maximum Gasteiger partial charge on any atom is 0.0894 e. The van der Waals surface area contributed by atoms with Crippen LogP contribution in [0.4, 0.5) is 0 Å². The lowest BCUT2D eigenvalue weighted by molar-refractivity contribution is 0.800. The van der Waals surface area contributed by atoms with Gasteiger partial charge in [-0.25, -0.2) is 9.97 Å². The Labute approximate surface area is 156 Å². The van der Waals surface area contributed by atoms with E-state index in [0.717, 1.165) is 28.8 Å². The van der Waals surface area contributed by atoms with Crippen molar-refractivity contribution in [3.8, 4) is 0 Å². The van der Waals surface area contributed by atoms with Crippen molar-refractivity contribution in [1.29, 1.82) is 0 Å². The SMILES string of the molecule is C1=CC(c2cccc3c2[nH]c2ccccc23)Cc2nc3ccccc3nc21. The van der Waals surface area contributed by atoms with Gasteiger partial charge in [-0.15, -0.1) is 0 Å². The number of fused-ring (bicyclic) bond motifs is 5. The van der Waals surface area contributed by atoms with E-state index in [0.29, 0.717) is 5.92 Å². The number of hydrogen-bond acceptors (Lipinski definition) is 2. The summed E-state index contributed by atoms with van der Waals surface area (Å²) in [5, 5.41) is 2.56. The molecule has 128 valence electrons. The van der Waals surface area contributed by atoms with Gasteiger partial charge in [-0.3, -0.25) is 0 Å². The van der Waals surface area contributed by atoms with Gasteiger partial charge in [0.15, 0.2) is 0 Å². The average molecular weight is 347 g/mol. The van der Waals surface area contributed by atoms with E-state index in [2.05, 4.69) is 59.6 Å². The second-order valence-electron chi connectivity index (χ2n) is 7.15. The van der Waals surface area contributed by atoms with Crippen molar-refractivity contribution in [2.24, 2.45) is 0 Å². The Morgan fingerprint density at radius 3 is 2.48 bits per heavy atom. The number of rotatable bonds is 1. The van der Waals surface area contributed by atoms with Gasteiger partial charge in [0.1, 0.15) is 0 Å². The van der Waals surface area contributed by atoms with E-state index in [9.17, 15) is 0 Å². The first-order chi connectivity index (χ1) is 13.4. The zero-order valence-corrected chi connectivity index (χ0v) is 14.7. The molecule has 0 spiro atoms. The molecule has 2 aromatic heterocycles. The zero-order valence-electron chi connectivity index (χ0n) is 14.7. The highest BCUT2D eigenvalue weighted by Crippen LogP contribution is 2.35. The molecule has 3 heteroatoms. The first kappa shape index (κ1) is 14.7. The zero-order chi connectivity index (χ0) is 17.8. The predicted octanol–water partition coefficient (Wildman–Crippen LogP) is 5.62. The Morgan fingerprint density at radius 2 is 1.56 bits per heavy atom. The normalized spacial score (nSPS) is 16.2. The fourth-order valence-corrected chi connectivity index (χ4v) is 4.24. The van der Waals surface area contributed by atoms with Gasteiger partial charge in [-0.05, 0) is 29.8 Å². The second-order valence-corrected chi connectivity index (χ2v) is 7.15. The minimum absolute atomic E-state index is 0.296. The number of aromatic amines is 1. The molecule has 1 aliphatic rings. The summed E-state index contributed by atoms with van der Waals surface area (Å²) in [6.07, 6.45) is 5.27. The van der Waals surface area contributed by atoms with Crippen molar-refractivity contribution >= 4 is 38.9 Å². The van der Waals surface area contributed by atoms with Crippen molar-refractivity contribution in [2.75, 3.05) is 0 Å². The Balaban J connectivity index is 1.50. The second kappa shape index (κ2) is 5.52. The molecule has 6 rings (SSSR count). The summed E-state index contributed by atoms with van der Waals surface area (Å²) in [6, 6.07) is 23.2. The summed E-state index contributed by atoms with van der Waals surface area (Å²) in [4.78, 5) is 13.3. The summed E-state index contributed by atoms with van der Waals surface area (Å²) < 4.78 is 0. The topological polar surface area (TPSA) is 41.6 Å². The number of allylic oxidation sites excluding steroid dienone is 1. The van der Waals surface area contributed by atoms with Crippen LogP contribution in [0, 0.1) is 0 Å². The van der Waals surface area contributed by atoms with Crippen LogP contribution in [0.1, 0.15) is 22.9 Å². The number of para-hydroxylation sites is 4. The van der Waals surface area contributed by atoms with E-state index in [4.69, 9.17) is 9.97 Å². The third-order valence-electron chi connectivity index (χ3n) is 5.55. The van der Waals surface area contributed by atoms with Crippen LogP contribution in [0.15, 0.2) is 72.8 Å². The molecule has 3 aromatic carbocycles. The number of hydrogen-bond donors (Lipinski definition) is 1. The van der Waals surface area contributed by atoms with Crippen LogP contribution in [0.5, 0.6) is 0 Å². The number of nitrogens with zero attached hydrogens (tertiary/aromatic N) is 2. The number of aromatic nitrogens is 3. The van der Waals surface area contributed by atoms with Crippen LogP contribution in [-0.4, -0.2) is 15.0 Å². The molecule has 1 atom stereocenters. The summed E-state index contributed by atoms with van der Waals surface area (Å²) in [5.41, 5.74) is 7.73. The van der Waals surface area contributed by atoms with Crippen LogP contribution in [0.3, 0.4) is 0 Å². The fraction of sp³-hybridized carbons (Fsp3) is 0.0833. The van der Waals surface area contributed by atoms with Crippen molar-refractivity contribution in [2.45, 2.75) is 12.3 Å². The summed E-state index contributed by atoms with van der Waals surface area (Å²) >= 11 is 0. The molecule has 1 aliphatic carbocycles. The molecule has 2 heterocycles. The minimum atomic E-state index is 0.296. The highest BCUT2D eigenvalue weighted by atomic mass is 14.8. The predicted molar refractivity (Wildman–Crippen MR) is 111 cm³/mol. The molecule has 0 radical (unpaired) electrons. The first-order valence-electron chi connectivity index (χ1n) is 9.30.